The topological polar surface area (TPSA) is 250 Å². The Morgan fingerprint density at radius 3 is 2.10 bits per heavy atom. The molecule has 5 rings (SSSR count). The lowest BCUT2D eigenvalue weighted by atomic mass is 9.57. The molecule has 7 N–H and O–H groups in total. The van der Waals surface area contributed by atoms with E-state index < -0.39 is 101 Å². The SMILES string of the molecule is Cc1cc(C)c(C(=O)OCOC(=O)N(CC(=O)Nc2cc(N(C)C)c3c(c2O)C(O)=C2C(=O)[C@]4(O)C(O)=C(C(N)=O)C(=O)[C@@H](N(C)C)[C@@H]4C[C@@H]2C3)C(C)(C)C)c(C)c1. The highest BCUT2D eigenvalue weighted by Crippen LogP contribution is 2.54. The van der Waals surface area contributed by atoms with Crippen molar-refractivity contribution in [3.8, 4) is 5.75 Å². The van der Waals surface area contributed by atoms with Gasteiger partial charge in [-0.1, -0.05) is 17.7 Å². The normalized spacial score (nSPS) is 21.6. The minimum Gasteiger partial charge on any atom is -0.508 e. The molecule has 0 radical (unpaired) electrons. The summed E-state index contributed by atoms with van der Waals surface area (Å²) in [7, 11) is 6.39. The number of phenolic OH excluding ortho intramolecular Hbond substituents is 1. The number of Topliss-reactive ketones (excluding diaryl/α,β-unsaturated/α-hetero) is 2. The van der Waals surface area contributed by atoms with E-state index >= 15 is 0 Å². The number of nitrogens with one attached hydrogen (secondary N) is 1. The predicted octanol–water partition coefficient (Wildman–Crippen LogP) is 2.95. The van der Waals surface area contributed by atoms with Gasteiger partial charge in [0.05, 0.1) is 22.9 Å². The number of aliphatic hydroxyl groups excluding tert-OH is 2. The molecule has 0 aliphatic heterocycles. The number of fused-ring (bicyclic) bond motifs is 3. The van der Waals surface area contributed by atoms with Crippen LogP contribution in [0.4, 0.5) is 16.2 Å². The van der Waals surface area contributed by atoms with Crippen molar-refractivity contribution in [3.63, 3.8) is 0 Å². The van der Waals surface area contributed by atoms with Crippen LogP contribution in [-0.2, 0) is 35.1 Å². The molecule has 3 amide bonds. The molecule has 0 unspecified atom stereocenters. The van der Waals surface area contributed by atoms with Gasteiger partial charge in [0.15, 0.2) is 11.4 Å². The minimum atomic E-state index is -2.82. The van der Waals surface area contributed by atoms with Gasteiger partial charge in [-0.05, 0) is 97.2 Å². The smallest absolute Gasteiger partial charge is 0.413 e. The number of anilines is 2. The van der Waals surface area contributed by atoms with Gasteiger partial charge in [0.25, 0.3) is 5.91 Å². The Kier molecular flexibility index (Phi) is 11.5. The van der Waals surface area contributed by atoms with Crippen molar-refractivity contribution < 1.29 is 58.7 Å². The molecule has 17 nitrogen and oxygen atoms in total. The second kappa shape index (κ2) is 15.4. The van der Waals surface area contributed by atoms with Gasteiger partial charge in [0.1, 0.15) is 29.4 Å². The number of nitrogens with two attached hydrogens (primary N) is 1. The maximum Gasteiger partial charge on any atom is 0.413 e. The second-order valence-corrected chi connectivity index (χ2v) is 16.5. The molecule has 1 saturated carbocycles. The van der Waals surface area contributed by atoms with Gasteiger partial charge in [0, 0.05) is 36.8 Å². The highest BCUT2D eigenvalue weighted by molar-refractivity contribution is 6.24. The van der Waals surface area contributed by atoms with Crippen LogP contribution in [0.3, 0.4) is 0 Å². The molecule has 0 heterocycles. The number of carbonyl (C=O) groups is 6. The number of amides is 3. The summed E-state index contributed by atoms with van der Waals surface area (Å²) in [5, 5.41) is 49.1. The zero-order valence-electron chi connectivity index (χ0n) is 34.3. The number of hydrogen-bond donors (Lipinski definition) is 6. The van der Waals surface area contributed by atoms with Crippen LogP contribution in [0.5, 0.6) is 5.75 Å². The zero-order chi connectivity index (χ0) is 43.5. The first-order valence-electron chi connectivity index (χ1n) is 18.5. The quantitative estimate of drug-likeness (QED) is 0.0924. The number of esters is 1. The standard InChI is InChI=1S/C41H51N5O12/c1-18-11-19(2)27(20(3)12-18)38(54)57-17-58-39(55)46(40(4,5)6)16-26(47)43-24-15-25(44(7)8)22-13-21-14-23-31(45(9)10)34(50)30(37(42)53)36(52)41(23,56)35(51)28(21)33(49)29(22)32(24)48/h11-12,15,21,23,31,48-49,52,56H,13-14,16-17H2,1-10H3,(H2,42,53)(H,43,47)/t21-,23-,31-,41-/m0/s1. The Balaban J connectivity index is 1.44. The summed E-state index contributed by atoms with van der Waals surface area (Å²) < 4.78 is 10.5. The lowest BCUT2D eigenvalue weighted by Crippen LogP contribution is -2.65. The Bertz CT molecular complexity index is 2180. The summed E-state index contributed by atoms with van der Waals surface area (Å²) in [5.41, 5.74) is 3.41. The Morgan fingerprint density at radius 2 is 1.57 bits per heavy atom. The molecule has 2 aromatic carbocycles. The van der Waals surface area contributed by atoms with Gasteiger partial charge in [0.2, 0.25) is 18.5 Å². The molecular weight excluding hydrogens is 754 g/mol. The lowest BCUT2D eigenvalue weighted by Gasteiger charge is -2.50. The highest BCUT2D eigenvalue weighted by Gasteiger charge is 2.64. The number of ether oxygens (including phenoxy) is 2. The van der Waals surface area contributed by atoms with E-state index in [1.807, 2.05) is 19.1 Å². The van der Waals surface area contributed by atoms with E-state index in [4.69, 9.17) is 15.2 Å². The second-order valence-electron chi connectivity index (χ2n) is 16.5. The van der Waals surface area contributed by atoms with Gasteiger partial charge in [-0.15, -0.1) is 0 Å². The van der Waals surface area contributed by atoms with Crippen LogP contribution in [0.2, 0.25) is 0 Å². The number of aromatic hydroxyl groups is 1. The van der Waals surface area contributed by atoms with Crippen molar-refractivity contribution in [2.24, 2.45) is 17.6 Å². The van der Waals surface area contributed by atoms with Gasteiger partial charge in [-0.25, -0.2) is 9.59 Å². The van der Waals surface area contributed by atoms with Crippen molar-refractivity contribution in [2.45, 2.75) is 71.6 Å². The van der Waals surface area contributed by atoms with Crippen molar-refractivity contribution in [3.05, 3.63) is 68.5 Å². The molecule has 312 valence electrons. The minimum absolute atomic E-state index is 0.0289. The van der Waals surface area contributed by atoms with Crippen LogP contribution in [0, 0.1) is 32.6 Å². The first-order valence-corrected chi connectivity index (χ1v) is 18.5. The predicted molar refractivity (Wildman–Crippen MR) is 211 cm³/mol. The van der Waals surface area contributed by atoms with E-state index in [2.05, 4.69) is 5.32 Å². The van der Waals surface area contributed by atoms with Gasteiger partial charge in [-0.2, -0.15) is 0 Å². The molecule has 4 atom stereocenters. The molecule has 58 heavy (non-hydrogen) atoms. The summed E-state index contributed by atoms with van der Waals surface area (Å²) in [6, 6.07) is 3.88. The average molecular weight is 806 g/mol. The molecule has 2 aromatic rings. The number of primary amides is 1. The van der Waals surface area contributed by atoms with E-state index in [9.17, 15) is 49.2 Å². The summed E-state index contributed by atoms with van der Waals surface area (Å²) in [5.74, 6) is -9.50. The Hall–Kier alpha value is -5.94. The maximum absolute atomic E-state index is 14.3. The number of likely N-dealkylation sites (N-methyl/N-ethyl adjacent to an activating group) is 1. The summed E-state index contributed by atoms with van der Waals surface area (Å²) >= 11 is 0. The molecule has 0 spiro atoms. The van der Waals surface area contributed by atoms with Crippen molar-refractivity contribution in [1.29, 1.82) is 0 Å². The summed E-state index contributed by atoms with van der Waals surface area (Å²) in [6.45, 7) is 9.04. The van der Waals surface area contributed by atoms with Gasteiger partial charge < -0.3 is 45.9 Å². The Morgan fingerprint density at radius 1 is 0.966 bits per heavy atom. The third-order valence-electron chi connectivity index (χ3n) is 11.0. The van der Waals surface area contributed by atoms with Crippen LogP contribution in [0.25, 0.3) is 5.76 Å². The number of rotatable bonds is 9. The average Bonchev–Trinajstić information content (AvgIpc) is 3.08. The third kappa shape index (κ3) is 7.35. The third-order valence-corrected chi connectivity index (χ3v) is 11.0. The van der Waals surface area contributed by atoms with Crippen molar-refractivity contribution in [1.82, 2.24) is 9.80 Å². The number of phenols is 1. The number of aliphatic hydroxyl groups is 3. The Labute approximate surface area is 335 Å². The van der Waals surface area contributed by atoms with Crippen molar-refractivity contribution >= 4 is 52.6 Å². The van der Waals surface area contributed by atoms with Crippen LogP contribution >= 0.6 is 0 Å². The van der Waals surface area contributed by atoms with Crippen LogP contribution in [0.1, 0.15) is 65.4 Å². The monoisotopic (exact) mass is 805 g/mol. The first-order chi connectivity index (χ1) is 26.8. The fraction of sp³-hybridized carbons (Fsp3) is 0.463. The van der Waals surface area contributed by atoms with E-state index in [0.717, 1.165) is 10.5 Å². The first kappa shape index (κ1) is 43.2. The van der Waals surface area contributed by atoms with Crippen LogP contribution in [-0.4, -0.2) is 124 Å². The number of hydrogen-bond acceptors (Lipinski definition) is 14. The van der Waals surface area contributed by atoms with E-state index in [0.29, 0.717) is 27.9 Å². The highest BCUT2D eigenvalue weighted by atomic mass is 16.7. The number of ketones is 2. The van der Waals surface area contributed by atoms with Crippen LogP contribution < -0.4 is 16.0 Å². The zero-order valence-corrected chi connectivity index (χ0v) is 34.3. The van der Waals surface area contributed by atoms with Crippen LogP contribution in [0.15, 0.2) is 35.1 Å². The fourth-order valence-corrected chi connectivity index (χ4v) is 8.48. The van der Waals surface area contributed by atoms with Crippen molar-refractivity contribution in [2.75, 3.05) is 51.7 Å². The van der Waals surface area contributed by atoms with Gasteiger partial charge >= 0.3 is 12.1 Å². The molecule has 3 aliphatic rings. The summed E-state index contributed by atoms with van der Waals surface area (Å²) in [6.07, 6.45) is -1.04. The molecular formula is C41H51N5O12. The van der Waals surface area contributed by atoms with Gasteiger partial charge in [-0.3, -0.25) is 29.0 Å². The molecule has 0 aromatic heterocycles. The van der Waals surface area contributed by atoms with E-state index in [-0.39, 0.29) is 29.7 Å². The summed E-state index contributed by atoms with van der Waals surface area (Å²) in [4.78, 5) is 83.9. The number of carbonyl (C=O) groups excluding carboxylic acids is 6. The molecule has 1 fully saturated rings. The lowest BCUT2D eigenvalue weighted by molar-refractivity contribution is -0.153. The molecule has 17 heteroatoms. The molecule has 3 aliphatic carbocycles. The molecule has 0 saturated heterocycles. The fourth-order valence-electron chi connectivity index (χ4n) is 8.48. The number of benzene rings is 2. The van der Waals surface area contributed by atoms with E-state index in [1.165, 1.54) is 25.1 Å². The van der Waals surface area contributed by atoms with E-state index in [1.54, 1.807) is 53.6 Å². The largest absolute Gasteiger partial charge is 0.508 e. The maximum atomic E-state index is 14.3. The number of aryl methyl sites for hydroxylation is 3. The number of nitrogens with zero attached hydrogens (tertiary/aromatic N) is 3. The molecule has 0 bridgehead atoms.